The van der Waals surface area contributed by atoms with E-state index in [2.05, 4.69) is 28.1 Å². The fourth-order valence-electron chi connectivity index (χ4n) is 2.78. The number of quaternary nitrogens is 1. The van der Waals surface area contributed by atoms with Gasteiger partial charge in [-0.3, -0.25) is 0 Å². The van der Waals surface area contributed by atoms with Crippen molar-refractivity contribution in [2.24, 2.45) is 0 Å². The Kier molecular flexibility index (Phi) is 30.6. The van der Waals surface area contributed by atoms with Crippen LogP contribution < -0.4 is 12.4 Å². The standard InChI is InChI=1S/C19H42N.2ClH.H2O/c1-5-6-7-8-9-10-11-12-13-14-15-16-17-18-19-20(2,3)4;;;/h5-19H2,1-4H3;2*1H;1H2/q+1;;;/p-1. The predicted molar refractivity (Wildman–Crippen MR) is 104 cm³/mol. The average molecular weight is 374 g/mol. The molecule has 0 rings (SSSR count). The normalized spacial score (nSPS) is 10.4. The van der Waals surface area contributed by atoms with Gasteiger partial charge in [-0.25, -0.2) is 0 Å². The average Bonchev–Trinajstić information content (AvgIpc) is 2.38. The minimum Gasteiger partial charge on any atom is -1.00 e. The summed E-state index contributed by atoms with van der Waals surface area (Å²) in [5, 5.41) is 0. The number of rotatable bonds is 15. The molecular weight excluding hydrogens is 329 g/mol. The lowest BCUT2D eigenvalue weighted by Gasteiger charge is -2.23. The van der Waals surface area contributed by atoms with Crippen molar-refractivity contribution in [3.05, 3.63) is 0 Å². The molecule has 0 radical (unpaired) electrons. The Balaban J connectivity index is -0.000000602. The molecule has 146 valence electrons. The van der Waals surface area contributed by atoms with Crippen molar-refractivity contribution in [1.82, 2.24) is 0 Å². The summed E-state index contributed by atoms with van der Waals surface area (Å²) in [7, 11) is 6.88. The van der Waals surface area contributed by atoms with Crippen LogP contribution in [0.2, 0.25) is 0 Å². The smallest absolute Gasteiger partial charge is 0.0780 e. The number of unbranched alkanes of at least 4 members (excludes halogenated alkanes) is 13. The largest absolute Gasteiger partial charge is 1.00 e. The summed E-state index contributed by atoms with van der Waals surface area (Å²) in [6.07, 6.45) is 20.4. The highest BCUT2D eigenvalue weighted by Crippen LogP contribution is 2.13. The molecule has 0 aromatic rings. The van der Waals surface area contributed by atoms with Crippen LogP contribution in [0.3, 0.4) is 0 Å². The van der Waals surface area contributed by atoms with Crippen molar-refractivity contribution in [3.63, 3.8) is 0 Å². The summed E-state index contributed by atoms with van der Waals surface area (Å²) in [6.45, 7) is 3.63. The molecule has 0 saturated heterocycles. The molecule has 0 atom stereocenters. The third-order valence-corrected chi connectivity index (χ3v) is 4.18. The Labute approximate surface area is 159 Å². The SMILES string of the molecule is CCCCCCCCCCCCCCCC[N+](C)(C)C.Cl.O.[Cl-]. The molecule has 0 aliphatic carbocycles. The quantitative estimate of drug-likeness (QED) is 0.312. The van der Waals surface area contributed by atoms with Crippen LogP contribution in [0, 0.1) is 0 Å². The van der Waals surface area contributed by atoms with Crippen LogP contribution in [0.1, 0.15) is 96.8 Å². The number of hydrogen-bond donors (Lipinski definition) is 0. The van der Waals surface area contributed by atoms with Crippen LogP contribution in [0.15, 0.2) is 0 Å². The number of halogens is 2. The van der Waals surface area contributed by atoms with Crippen LogP contribution in [-0.2, 0) is 0 Å². The van der Waals surface area contributed by atoms with Gasteiger partial charge in [0.1, 0.15) is 0 Å². The van der Waals surface area contributed by atoms with Crippen LogP contribution in [0.4, 0.5) is 0 Å². The van der Waals surface area contributed by atoms with Gasteiger partial charge in [-0.05, 0) is 12.8 Å². The molecule has 4 heteroatoms. The highest BCUT2D eigenvalue weighted by molar-refractivity contribution is 5.85. The van der Waals surface area contributed by atoms with Gasteiger partial charge in [0.15, 0.2) is 0 Å². The molecule has 0 bridgehead atoms. The first-order valence-corrected chi connectivity index (χ1v) is 9.36. The topological polar surface area (TPSA) is 31.5 Å². The van der Waals surface area contributed by atoms with E-state index in [1.54, 1.807) is 0 Å². The zero-order chi connectivity index (χ0) is 15.1. The maximum absolute atomic E-state index is 2.29. The summed E-state index contributed by atoms with van der Waals surface area (Å²) >= 11 is 0. The van der Waals surface area contributed by atoms with E-state index in [9.17, 15) is 0 Å². The van der Waals surface area contributed by atoms with Crippen molar-refractivity contribution < 1.29 is 22.4 Å². The highest BCUT2D eigenvalue weighted by atomic mass is 35.5. The van der Waals surface area contributed by atoms with Crippen LogP contribution in [0.25, 0.3) is 0 Å². The molecule has 2 nitrogen and oxygen atoms in total. The summed E-state index contributed by atoms with van der Waals surface area (Å²) in [5.74, 6) is 0. The first kappa shape index (κ1) is 31.3. The molecule has 0 fully saturated rings. The molecular formula is C19H45Cl2NO. The molecule has 0 unspecified atom stereocenters. The van der Waals surface area contributed by atoms with Gasteiger partial charge in [-0.15, -0.1) is 12.4 Å². The second-order valence-corrected chi connectivity index (χ2v) is 7.61. The number of nitrogens with zero attached hydrogens (tertiary/aromatic N) is 1. The van der Waals surface area contributed by atoms with E-state index < -0.39 is 0 Å². The van der Waals surface area contributed by atoms with Crippen molar-refractivity contribution in [2.45, 2.75) is 96.8 Å². The maximum atomic E-state index is 2.29. The molecule has 0 spiro atoms. The molecule has 0 aromatic carbocycles. The lowest BCUT2D eigenvalue weighted by atomic mass is 10.0. The molecule has 0 aromatic heterocycles. The third-order valence-electron chi connectivity index (χ3n) is 4.18. The molecule has 0 aliphatic rings. The van der Waals surface area contributed by atoms with Gasteiger partial charge in [0.25, 0.3) is 0 Å². The fraction of sp³-hybridized carbons (Fsp3) is 1.00. The van der Waals surface area contributed by atoms with Crippen LogP contribution >= 0.6 is 12.4 Å². The van der Waals surface area contributed by atoms with E-state index in [4.69, 9.17) is 0 Å². The Morgan fingerprint density at radius 2 is 0.783 bits per heavy atom. The second-order valence-electron chi connectivity index (χ2n) is 7.61. The fourth-order valence-corrected chi connectivity index (χ4v) is 2.78. The molecule has 0 aliphatic heterocycles. The van der Waals surface area contributed by atoms with E-state index >= 15 is 0 Å². The lowest BCUT2D eigenvalue weighted by Crippen LogP contribution is -3.00. The van der Waals surface area contributed by atoms with E-state index in [-0.39, 0.29) is 30.3 Å². The molecule has 0 saturated carbocycles. The molecule has 0 heterocycles. The number of hydrogen-bond acceptors (Lipinski definition) is 0. The first-order chi connectivity index (χ1) is 9.56. The Bertz CT molecular complexity index is 196. The Hall–Kier alpha value is 0.500. The van der Waals surface area contributed by atoms with Crippen molar-refractivity contribution >= 4 is 12.4 Å². The van der Waals surface area contributed by atoms with Crippen molar-refractivity contribution in [1.29, 1.82) is 0 Å². The first-order valence-electron chi connectivity index (χ1n) is 9.36. The molecule has 2 N–H and O–H groups in total. The second kappa shape index (κ2) is 22.5. The van der Waals surface area contributed by atoms with E-state index in [0.717, 1.165) is 4.48 Å². The zero-order valence-electron chi connectivity index (χ0n) is 16.3. The van der Waals surface area contributed by atoms with Gasteiger partial charge in [0, 0.05) is 0 Å². The zero-order valence-corrected chi connectivity index (χ0v) is 17.9. The van der Waals surface area contributed by atoms with Gasteiger partial charge in [-0.2, -0.15) is 0 Å². The lowest BCUT2D eigenvalue weighted by molar-refractivity contribution is -0.870. The molecule has 0 amide bonds. The van der Waals surface area contributed by atoms with Crippen LogP contribution in [0.5, 0.6) is 0 Å². The summed E-state index contributed by atoms with van der Waals surface area (Å²) < 4.78 is 1.12. The monoisotopic (exact) mass is 373 g/mol. The van der Waals surface area contributed by atoms with Crippen molar-refractivity contribution in [2.75, 3.05) is 27.7 Å². The summed E-state index contributed by atoms with van der Waals surface area (Å²) in [6, 6.07) is 0. The van der Waals surface area contributed by atoms with E-state index in [1.165, 1.54) is 96.4 Å². The maximum Gasteiger partial charge on any atom is 0.0780 e. The van der Waals surface area contributed by atoms with Crippen molar-refractivity contribution in [3.8, 4) is 0 Å². The van der Waals surface area contributed by atoms with E-state index in [1.807, 2.05) is 0 Å². The predicted octanol–water partition coefficient (Wildman–Crippen LogP) is 2.78. The van der Waals surface area contributed by atoms with Gasteiger partial charge in [0.2, 0.25) is 0 Å². The third kappa shape index (κ3) is 30.9. The van der Waals surface area contributed by atoms with E-state index in [0.29, 0.717) is 0 Å². The molecule has 23 heavy (non-hydrogen) atoms. The summed E-state index contributed by atoms with van der Waals surface area (Å²) in [5.41, 5.74) is 0. The van der Waals surface area contributed by atoms with Gasteiger partial charge in [0.05, 0.1) is 27.7 Å². The minimum atomic E-state index is 0. The van der Waals surface area contributed by atoms with Gasteiger partial charge < -0.3 is 22.4 Å². The Morgan fingerprint density at radius 1 is 0.522 bits per heavy atom. The summed E-state index contributed by atoms with van der Waals surface area (Å²) in [4.78, 5) is 0. The van der Waals surface area contributed by atoms with Gasteiger partial charge >= 0.3 is 0 Å². The van der Waals surface area contributed by atoms with Gasteiger partial charge in [-0.1, -0.05) is 84.0 Å². The van der Waals surface area contributed by atoms with Crippen LogP contribution in [-0.4, -0.2) is 37.6 Å². The minimum absolute atomic E-state index is 0. The Morgan fingerprint density at radius 3 is 1.04 bits per heavy atom. The highest BCUT2D eigenvalue weighted by Gasteiger charge is 2.04.